The van der Waals surface area contributed by atoms with E-state index in [1.165, 1.54) is 14.2 Å². The second kappa shape index (κ2) is 9.94. The van der Waals surface area contributed by atoms with Gasteiger partial charge >= 0.3 is 6.09 Å². The predicted molar refractivity (Wildman–Crippen MR) is 124 cm³/mol. The molecule has 3 aromatic rings. The van der Waals surface area contributed by atoms with E-state index in [-0.39, 0.29) is 19.1 Å². The molecule has 0 saturated heterocycles. The zero-order chi connectivity index (χ0) is 23.4. The maximum atomic E-state index is 12.3. The van der Waals surface area contributed by atoms with E-state index in [1.54, 1.807) is 18.2 Å². The van der Waals surface area contributed by atoms with Gasteiger partial charge in [-0.3, -0.25) is 0 Å². The van der Waals surface area contributed by atoms with Gasteiger partial charge in [-0.15, -0.1) is 0 Å². The molecule has 0 aromatic heterocycles. The van der Waals surface area contributed by atoms with Gasteiger partial charge in [-0.2, -0.15) is 0 Å². The van der Waals surface area contributed by atoms with Crippen molar-refractivity contribution in [2.24, 2.45) is 0 Å². The van der Waals surface area contributed by atoms with Crippen molar-refractivity contribution in [3.05, 3.63) is 83.4 Å². The van der Waals surface area contributed by atoms with Crippen molar-refractivity contribution in [1.29, 1.82) is 0 Å². The minimum atomic E-state index is -1.25. The van der Waals surface area contributed by atoms with Crippen molar-refractivity contribution in [2.45, 2.75) is 18.1 Å². The van der Waals surface area contributed by atoms with Gasteiger partial charge in [0.15, 0.2) is 0 Å². The van der Waals surface area contributed by atoms with Crippen molar-refractivity contribution in [2.75, 3.05) is 27.4 Å². The zero-order valence-corrected chi connectivity index (χ0v) is 18.5. The predicted octanol–water partition coefficient (Wildman–Crippen LogP) is 3.64. The van der Waals surface area contributed by atoms with Crippen LogP contribution in [0.15, 0.2) is 66.7 Å². The van der Waals surface area contributed by atoms with E-state index in [4.69, 9.17) is 14.2 Å². The summed E-state index contributed by atoms with van der Waals surface area (Å²) in [6.45, 7) is -0.0110. The van der Waals surface area contributed by atoms with Crippen molar-refractivity contribution in [3.8, 4) is 22.6 Å². The van der Waals surface area contributed by atoms with Crippen LogP contribution in [0, 0.1) is 0 Å². The van der Waals surface area contributed by atoms with Crippen LogP contribution >= 0.6 is 0 Å². The minimum Gasteiger partial charge on any atom is -0.497 e. The van der Waals surface area contributed by atoms with Crippen LogP contribution in [0.3, 0.4) is 0 Å². The topological polar surface area (TPSA) is 97.3 Å². The average Bonchev–Trinajstić information content (AvgIpc) is 3.18. The second-order valence-corrected chi connectivity index (χ2v) is 7.86. The SMILES string of the molecule is COc1cc(OC)cc(C(O)C(O)CNC(=O)OCC2c3ccccc3-c3ccccc32)c1. The highest BCUT2D eigenvalue weighted by Crippen LogP contribution is 2.44. The Labute approximate surface area is 192 Å². The number of hydrogen-bond donors (Lipinski definition) is 3. The molecule has 3 N–H and O–H groups in total. The summed E-state index contributed by atoms with van der Waals surface area (Å²) in [5.74, 6) is 0.920. The van der Waals surface area contributed by atoms with Crippen LogP contribution in [-0.4, -0.2) is 49.8 Å². The number of methoxy groups -OCH3 is 2. The van der Waals surface area contributed by atoms with Crippen LogP contribution in [0.2, 0.25) is 0 Å². The molecule has 33 heavy (non-hydrogen) atoms. The molecule has 0 radical (unpaired) electrons. The highest BCUT2D eigenvalue weighted by molar-refractivity contribution is 5.79. The van der Waals surface area contributed by atoms with Gasteiger partial charge in [0.2, 0.25) is 0 Å². The summed E-state index contributed by atoms with van der Waals surface area (Å²) in [7, 11) is 3.00. The van der Waals surface area contributed by atoms with Crippen molar-refractivity contribution >= 4 is 6.09 Å². The smallest absolute Gasteiger partial charge is 0.407 e. The van der Waals surface area contributed by atoms with E-state index in [0.717, 1.165) is 22.3 Å². The average molecular weight is 450 g/mol. The van der Waals surface area contributed by atoms with Crippen molar-refractivity contribution < 1.29 is 29.2 Å². The van der Waals surface area contributed by atoms with E-state index < -0.39 is 18.3 Å². The second-order valence-electron chi connectivity index (χ2n) is 7.86. The normalized spacial score (nSPS) is 14.1. The summed E-state index contributed by atoms with van der Waals surface area (Å²) in [5, 5.41) is 23.4. The Morgan fingerprint density at radius 3 is 2.00 bits per heavy atom. The van der Waals surface area contributed by atoms with Gasteiger partial charge in [-0.1, -0.05) is 48.5 Å². The molecule has 1 aliphatic rings. The highest BCUT2D eigenvalue weighted by Gasteiger charge is 2.29. The van der Waals surface area contributed by atoms with E-state index in [1.807, 2.05) is 36.4 Å². The Hall–Kier alpha value is -3.55. The molecule has 0 spiro atoms. The lowest BCUT2D eigenvalue weighted by atomic mass is 9.98. The molecule has 2 atom stereocenters. The van der Waals surface area contributed by atoms with Gasteiger partial charge < -0.3 is 29.7 Å². The fraction of sp³-hybridized carbons (Fsp3) is 0.269. The first-order valence-electron chi connectivity index (χ1n) is 10.7. The van der Waals surface area contributed by atoms with Crippen LogP contribution in [0.5, 0.6) is 11.5 Å². The summed E-state index contributed by atoms with van der Waals surface area (Å²) in [4.78, 5) is 12.3. The Balaban J connectivity index is 1.35. The molecule has 0 saturated carbocycles. The summed E-state index contributed by atoms with van der Waals surface area (Å²) in [5.41, 5.74) is 4.94. The maximum Gasteiger partial charge on any atom is 0.407 e. The Morgan fingerprint density at radius 2 is 1.45 bits per heavy atom. The molecule has 2 unspecified atom stereocenters. The standard InChI is InChI=1S/C26H27NO6/c1-31-17-11-16(12-18(13-17)32-2)25(29)24(28)14-27-26(30)33-15-23-21-9-5-3-7-19(21)20-8-4-6-10-22(20)23/h3-13,23-25,28-29H,14-15H2,1-2H3,(H,27,30). The number of aliphatic hydroxyl groups excluding tert-OH is 2. The quantitative estimate of drug-likeness (QED) is 0.486. The van der Waals surface area contributed by atoms with Crippen LogP contribution in [0.4, 0.5) is 4.79 Å². The number of nitrogens with one attached hydrogen (secondary N) is 1. The van der Waals surface area contributed by atoms with Gasteiger partial charge in [0.25, 0.3) is 0 Å². The van der Waals surface area contributed by atoms with Crippen molar-refractivity contribution in [3.63, 3.8) is 0 Å². The molecule has 1 aliphatic carbocycles. The third-order valence-electron chi connectivity index (χ3n) is 5.88. The molecule has 0 fully saturated rings. The number of fused-ring (bicyclic) bond motifs is 3. The van der Waals surface area contributed by atoms with E-state index in [9.17, 15) is 15.0 Å². The highest BCUT2D eigenvalue weighted by atomic mass is 16.5. The zero-order valence-electron chi connectivity index (χ0n) is 18.5. The number of ether oxygens (including phenoxy) is 3. The monoisotopic (exact) mass is 449 g/mol. The van der Waals surface area contributed by atoms with Crippen molar-refractivity contribution in [1.82, 2.24) is 5.32 Å². The number of amides is 1. The lowest BCUT2D eigenvalue weighted by Gasteiger charge is -2.20. The largest absolute Gasteiger partial charge is 0.497 e. The molecule has 0 bridgehead atoms. The molecule has 4 rings (SSSR count). The van der Waals surface area contributed by atoms with Crippen LogP contribution in [-0.2, 0) is 4.74 Å². The van der Waals surface area contributed by atoms with Gasteiger partial charge in [-0.25, -0.2) is 4.79 Å². The molecular formula is C26H27NO6. The van der Waals surface area contributed by atoms with Crippen LogP contribution < -0.4 is 14.8 Å². The Morgan fingerprint density at radius 1 is 0.909 bits per heavy atom. The van der Waals surface area contributed by atoms with E-state index in [0.29, 0.717) is 17.1 Å². The maximum absolute atomic E-state index is 12.3. The summed E-state index contributed by atoms with van der Waals surface area (Å²) in [6.07, 6.45) is -3.16. The molecule has 3 aromatic carbocycles. The molecule has 172 valence electrons. The molecular weight excluding hydrogens is 422 g/mol. The van der Waals surface area contributed by atoms with Crippen LogP contribution in [0.1, 0.15) is 28.7 Å². The van der Waals surface area contributed by atoms with Gasteiger partial charge in [-0.05, 0) is 39.9 Å². The van der Waals surface area contributed by atoms with Gasteiger partial charge in [0.1, 0.15) is 30.3 Å². The summed E-state index contributed by atoms with van der Waals surface area (Å²) in [6, 6.07) is 21.0. The van der Waals surface area contributed by atoms with E-state index >= 15 is 0 Å². The number of carbonyl (C=O) groups is 1. The summed E-state index contributed by atoms with van der Waals surface area (Å²) >= 11 is 0. The molecule has 7 heteroatoms. The molecule has 0 aliphatic heterocycles. The number of hydrogen-bond acceptors (Lipinski definition) is 6. The fourth-order valence-electron chi connectivity index (χ4n) is 4.17. The number of benzene rings is 3. The first-order valence-corrected chi connectivity index (χ1v) is 10.7. The lowest BCUT2D eigenvalue weighted by molar-refractivity contribution is 0.0183. The van der Waals surface area contributed by atoms with Gasteiger partial charge in [0.05, 0.1) is 14.2 Å². The molecule has 1 amide bonds. The Kier molecular flexibility index (Phi) is 6.82. The first kappa shape index (κ1) is 22.6. The summed E-state index contributed by atoms with van der Waals surface area (Å²) < 4.78 is 15.9. The van der Waals surface area contributed by atoms with Gasteiger partial charge in [0, 0.05) is 18.5 Å². The first-order chi connectivity index (χ1) is 16.0. The number of rotatable bonds is 8. The number of alkyl carbamates (subject to hydrolysis) is 1. The Bertz CT molecular complexity index is 1060. The van der Waals surface area contributed by atoms with E-state index in [2.05, 4.69) is 17.4 Å². The third kappa shape index (κ3) is 4.79. The fourth-order valence-corrected chi connectivity index (χ4v) is 4.17. The minimum absolute atomic E-state index is 0.0529. The van der Waals surface area contributed by atoms with Crippen LogP contribution in [0.25, 0.3) is 11.1 Å². The lowest BCUT2D eigenvalue weighted by Crippen LogP contribution is -2.36. The molecule has 7 nitrogen and oxygen atoms in total. The number of carbonyl (C=O) groups excluding carboxylic acids is 1. The third-order valence-corrected chi connectivity index (χ3v) is 5.88. The number of aliphatic hydroxyl groups is 2. The molecule has 0 heterocycles.